The van der Waals surface area contributed by atoms with Crippen LogP contribution in [0.2, 0.25) is 0 Å². The summed E-state index contributed by atoms with van der Waals surface area (Å²) in [6.07, 6.45) is 2.91. The maximum absolute atomic E-state index is 11.9. The third-order valence-electron chi connectivity index (χ3n) is 3.59. The molecule has 5 nitrogen and oxygen atoms in total. The molecule has 1 atom stereocenters. The number of carbonyl (C=O) groups excluding carboxylic acids is 1. The number of carbonyl (C=O) groups is 1. The van der Waals surface area contributed by atoms with Gasteiger partial charge in [-0.05, 0) is 24.3 Å². The number of ether oxygens (including phenoxy) is 1. The second-order valence-electron chi connectivity index (χ2n) is 5.28. The fourth-order valence-corrected chi connectivity index (χ4v) is 3.17. The van der Waals surface area contributed by atoms with Gasteiger partial charge in [0.1, 0.15) is 0 Å². The van der Waals surface area contributed by atoms with Crippen molar-refractivity contribution in [3.8, 4) is 0 Å². The van der Waals surface area contributed by atoms with Crippen molar-refractivity contribution < 1.29 is 9.53 Å². The Balaban J connectivity index is 1.91. The predicted octanol–water partition coefficient (Wildman–Crippen LogP) is 1.71. The van der Waals surface area contributed by atoms with Gasteiger partial charge in [-0.15, -0.1) is 0 Å². The number of pyridine rings is 1. The third-order valence-corrected chi connectivity index (χ3v) is 4.75. The molecule has 2 rings (SSSR count). The number of nitrogens with one attached hydrogen (secondary N) is 1. The van der Waals surface area contributed by atoms with E-state index < -0.39 is 0 Å². The number of hydrogen-bond donors (Lipinski definition) is 1. The van der Waals surface area contributed by atoms with Gasteiger partial charge in [0.05, 0.1) is 30.7 Å². The number of hydrogen-bond acceptors (Lipinski definition) is 5. The molecule has 1 fully saturated rings. The summed E-state index contributed by atoms with van der Waals surface area (Å²) in [5.41, 5.74) is 1.01. The Morgan fingerprint density at radius 3 is 2.95 bits per heavy atom. The normalized spacial score (nSPS) is 17.1. The van der Waals surface area contributed by atoms with Gasteiger partial charge in [0.25, 0.3) is 0 Å². The lowest BCUT2D eigenvalue weighted by Crippen LogP contribution is -2.44. The minimum Gasteiger partial charge on any atom is -0.379 e. The highest BCUT2D eigenvalue weighted by Gasteiger charge is 2.23. The average molecular weight is 323 g/mol. The molecule has 0 aromatic carbocycles. The highest BCUT2D eigenvalue weighted by Crippen LogP contribution is 2.19. The molecule has 1 aromatic heterocycles. The van der Waals surface area contributed by atoms with Crippen LogP contribution in [0.1, 0.15) is 25.1 Å². The van der Waals surface area contributed by atoms with E-state index in [2.05, 4.69) is 22.1 Å². The number of morpholine rings is 1. The molecule has 1 aliphatic heterocycles. The molecule has 2 heterocycles. The molecule has 1 aliphatic rings. The van der Waals surface area contributed by atoms with Crippen LogP contribution in [0.4, 0.5) is 0 Å². The van der Waals surface area contributed by atoms with Crippen molar-refractivity contribution in [3.63, 3.8) is 0 Å². The number of nitrogens with zero attached hydrogens (tertiary/aromatic N) is 2. The van der Waals surface area contributed by atoms with Crippen molar-refractivity contribution in [2.45, 2.75) is 19.4 Å². The second-order valence-corrected chi connectivity index (χ2v) is 6.38. The molecule has 1 saturated heterocycles. The Morgan fingerprint density at radius 2 is 2.27 bits per heavy atom. The molecule has 0 unspecified atom stereocenters. The van der Waals surface area contributed by atoms with E-state index in [1.54, 1.807) is 11.8 Å². The van der Waals surface area contributed by atoms with Gasteiger partial charge in [0.2, 0.25) is 5.91 Å². The Bertz CT molecular complexity index is 438. The van der Waals surface area contributed by atoms with E-state index >= 15 is 0 Å². The zero-order chi connectivity index (χ0) is 15.6. The van der Waals surface area contributed by atoms with E-state index in [0.717, 1.165) is 44.2 Å². The Kier molecular flexibility index (Phi) is 7.70. The molecule has 6 heteroatoms. The van der Waals surface area contributed by atoms with Crippen LogP contribution in [0.3, 0.4) is 0 Å². The fourth-order valence-electron chi connectivity index (χ4n) is 2.45. The molecule has 1 aromatic rings. The zero-order valence-corrected chi connectivity index (χ0v) is 14.0. The van der Waals surface area contributed by atoms with E-state index in [-0.39, 0.29) is 11.9 Å². The van der Waals surface area contributed by atoms with Crippen molar-refractivity contribution in [2.75, 3.05) is 44.4 Å². The maximum Gasteiger partial charge on any atom is 0.230 e. The SMILES string of the molecule is CCCSCC(=O)NC[C@H](c1ccccn1)N1CCOCC1. The highest BCUT2D eigenvalue weighted by molar-refractivity contribution is 7.99. The molecular formula is C16H25N3O2S. The van der Waals surface area contributed by atoms with Crippen molar-refractivity contribution >= 4 is 17.7 Å². The lowest BCUT2D eigenvalue weighted by Gasteiger charge is -2.34. The standard InChI is InChI=1S/C16H25N3O2S/c1-2-11-22-13-16(20)18-12-15(14-5-3-4-6-17-14)19-7-9-21-10-8-19/h3-6,15H,2,7-13H2,1H3,(H,18,20)/t15-/m1/s1. The van der Waals surface area contributed by atoms with E-state index in [4.69, 9.17) is 4.74 Å². The second kappa shape index (κ2) is 9.82. The number of rotatable bonds is 8. The number of thioether (sulfide) groups is 1. The summed E-state index contributed by atoms with van der Waals surface area (Å²) in [6.45, 7) is 5.96. The summed E-state index contributed by atoms with van der Waals surface area (Å²) in [4.78, 5) is 18.7. The van der Waals surface area contributed by atoms with Crippen LogP contribution in [0, 0.1) is 0 Å². The topological polar surface area (TPSA) is 54.5 Å². The van der Waals surface area contributed by atoms with E-state index in [0.29, 0.717) is 12.3 Å². The van der Waals surface area contributed by atoms with Crippen LogP contribution < -0.4 is 5.32 Å². The van der Waals surface area contributed by atoms with Crippen molar-refractivity contribution in [2.24, 2.45) is 0 Å². The van der Waals surface area contributed by atoms with Gasteiger partial charge in [0, 0.05) is 25.8 Å². The molecule has 0 radical (unpaired) electrons. The highest BCUT2D eigenvalue weighted by atomic mass is 32.2. The fraction of sp³-hybridized carbons (Fsp3) is 0.625. The minimum atomic E-state index is 0.104. The van der Waals surface area contributed by atoms with Gasteiger partial charge in [-0.25, -0.2) is 0 Å². The maximum atomic E-state index is 11.9. The summed E-state index contributed by atoms with van der Waals surface area (Å²) in [7, 11) is 0. The van der Waals surface area contributed by atoms with Gasteiger partial charge in [-0.1, -0.05) is 13.0 Å². The number of amides is 1. The Labute approximate surface area is 136 Å². The third kappa shape index (κ3) is 5.59. The smallest absolute Gasteiger partial charge is 0.230 e. The van der Waals surface area contributed by atoms with Gasteiger partial charge in [0.15, 0.2) is 0 Å². The average Bonchev–Trinajstić information content (AvgIpc) is 2.57. The molecule has 1 N–H and O–H groups in total. The first-order valence-corrected chi connectivity index (χ1v) is 9.04. The van der Waals surface area contributed by atoms with Crippen LogP contribution in [-0.4, -0.2) is 60.1 Å². The summed E-state index contributed by atoms with van der Waals surface area (Å²) >= 11 is 1.68. The van der Waals surface area contributed by atoms with E-state index in [1.807, 2.05) is 24.4 Å². The summed E-state index contributed by atoms with van der Waals surface area (Å²) in [5, 5.41) is 3.06. The zero-order valence-electron chi connectivity index (χ0n) is 13.2. The van der Waals surface area contributed by atoms with Crippen LogP contribution in [0.5, 0.6) is 0 Å². The summed E-state index contributed by atoms with van der Waals surface area (Å²) in [5.74, 6) is 1.67. The Hall–Kier alpha value is -1.11. The van der Waals surface area contributed by atoms with Crippen molar-refractivity contribution in [3.05, 3.63) is 30.1 Å². The first-order chi connectivity index (χ1) is 10.8. The van der Waals surface area contributed by atoms with E-state index in [9.17, 15) is 4.79 Å². The lowest BCUT2D eigenvalue weighted by molar-refractivity contribution is -0.118. The molecule has 122 valence electrons. The van der Waals surface area contributed by atoms with Gasteiger partial charge in [-0.3, -0.25) is 14.7 Å². The number of aromatic nitrogens is 1. The first kappa shape index (κ1) is 17.2. The predicted molar refractivity (Wildman–Crippen MR) is 90.0 cm³/mol. The molecule has 0 saturated carbocycles. The van der Waals surface area contributed by atoms with Gasteiger partial charge < -0.3 is 10.1 Å². The van der Waals surface area contributed by atoms with E-state index in [1.165, 1.54) is 0 Å². The monoisotopic (exact) mass is 323 g/mol. The van der Waals surface area contributed by atoms with Crippen LogP contribution in [0.25, 0.3) is 0 Å². The molecule has 22 heavy (non-hydrogen) atoms. The Morgan fingerprint density at radius 1 is 1.45 bits per heavy atom. The molecule has 1 amide bonds. The summed E-state index contributed by atoms with van der Waals surface area (Å²) < 4.78 is 5.42. The van der Waals surface area contributed by atoms with Gasteiger partial charge in [-0.2, -0.15) is 11.8 Å². The largest absolute Gasteiger partial charge is 0.379 e. The van der Waals surface area contributed by atoms with Crippen LogP contribution in [0.15, 0.2) is 24.4 Å². The quantitative estimate of drug-likeness (QED) is 0.738. The molecule has 0 bridgehead atoms. The van der Waals surface area contributed by atoms with Crippen molar-refractivity contribution in [1.29, 1.82) is 0 Å². The summed E-state index contributed by atoms with van der Waals surface area (Å²) in [6, 6.07) is 6.05. The molecular weight excluding hydrogens is 298 g/mol. The molecule has 0 aliphatic carbocycles. The first-order valence-electron chi connectivity index (χ1n) is 7.88. The van der Waals surface area contributed by atoms with Gasteiger partial charge >= 0.3 is 0 Å². The lowest BCUT2D eigenvalue weighted by atomic mass is 10.1. The van der Waals surface area contributed by atoms with Crippen LogP contribution in [-0.2, 0) is 9.53 Å². The minimum absolute atomic E-state index is 0.104. The van der Waals surface area contributed by atoms with Crippen molar-refractivity contribution in [1.82, 2.24) is 15.2 Å². The van der Waals surface area contributed by atoms with Crippen LogP contribution >= 0.6 is 11.8 Å². The molecule has 0 spiro atoms.